The minimum atomic E-state index is 0.556. The van der Waals surface area contributed by atoms with E-state index in [4.69, 9.17) is 18.9 Å². The van der Waals surface area contributed by atoms with Gasteiger partial charge in [-0.15, -0.1) is 0 Å². The molecule has 0 fully saturated rings. The Morgan fingerprint density at radius 3 is 2.10 bits per heavy atom. The van der Waals surface area contributed by atoms with E-state index >= 15 is 0 Å². The van der Waals surface area contributed by atoms with Crippen LogP contribution in [0.4, 0.5) is 0 Å². The van der Waals surface area contributed by atoms with Crippen LogP contribution in [0.3, 0.4) is 0 Å². The zero-order valence-electron chi connectivity index (χ0n) is 12.7. The van der Waals surface area contributed by atoms with Crippen LogP contribution in [0, 0.1) is 3.57 Å². The number of halogens is 1. The van der Waals surface area contributed by atoms with E-state index in [9.17, 15) is 0 Å². The van der Waals surface area contributed by atoms with Gasteiger partial charge in [-0.2, -0.15) is 0 Å². The molecule has 0 aliphatic carbocycles. The first-order valence-electron chi connectivity index (χ1n) is 7.44. The smallest absolute Gasteiger partial charge is 0.120 e. The second-order valence-corrected chi connectivity index (χ2v) is 5.74. The monoisotopic (exact) mass is 408 g/mol. The third-order valence-corrected chi connectivity index (χ3v) is 3.35. The summed E-state index contributed by atoms with van der Waals surface area (Å²) in [6.45, 7) is 6.58. The molecule has 0 N–H and O–H groups in total. The first-order chi connectivity index (χ1) is 10.3. The van der Waals surface area contributed by atoms with E-state index in [0.717, 1.165) is 18.8 Å². The van der Waals surface area contributed by atoms with Gasteiger partial charge >= 0.3 is 0 Å². The van der Waals surface area contributed by atoms with Crippen LogP contribution >= 0.6 is 22.6 Å². The Kier molecular flexibility index (Phi) is 11.8. The Balaban J connectivity index is 1.82. The first-order valence-corrected chi connectivity index (χ1v) is 8.52. The maximum atomic E-state index is 5.58. The van der Waals surface area contributed by atoms with E-state index in [-0.39, 0.29) is 0 Å². The molecule has 0 aliphatic rings. The third kappa shape index (κ3) is 10.9. The van der Waals surface area contributed by atoms with Crippen molar-refractivity contribution in [3.63, 3.8) is 0 Å². The summed E-state index contributed by atoms with van der Waals surface area (Å²) in [5.74, 6) is 0.881. The highest BCUT2D eigenvalue weighted by Gasteiger charge is 1.95. The van der Waals surface area contributed by atoms with Crippen molar-refractivity contribution in [3.05, 3.63) is 27.8 Å². The van der Waals surface area contributed by atoms with Gasteiger partial charge in [0.15, 0.2) is 0 Å². The van der Waals surface area contributed by atoms with Gasteiger partial charge in [0, 0.05) is 10.2 Å². The van der Waals surface area contributed by atoms with Crippen LogP contribution in [-0.4, -0.2) is 46.2 Å². The van der Waals surface area contributed by atoms with Crippen LogP contribution in [0.15, 0.2) is 24.3 Å². The molecule has 0 saturated carbocycles. The van der Waals surface area contributed by atoms with Gasteiger partial charge in [0.1, 0.15) is 12.4 Å². The van der Waals surface area contributed by atoms with Gasteiger partial charge in [-0.1, -0.05) is 19.4 Å². The molecule has 0 bridgehead atoms. The SMILES string of the molecule is CCCCOCCOCCOCCOc1cccc(I)c1. The van der Waals surface area contributed by atoms with Crippen molar-refractivity contribution in [3.8, 4) is 5.75 Å². The van der Waals surface area contributed by atoms with Crippen molar-refractivity contribution >= 4 is 22.6 Å². The highest BCUT2D eigenvalue weighted by atomic mass is 127. The molecule has 0 spiro atoms. The molecule has 0 saturated heterocycles. The van der Waals surface area contributed by atoms with Gasteiger partial charge in [0.05, 0.1) is 33.0 Å². The summed E-state index contributed by atoms with van der Waals surface area (Å²) in [5.41, 5.74) is 0. The molecule has 1 aromatic rings. The van der Waals surface area contributed by atoms with Gasteiger partial charge in [-0.3, -0.25) is 0 Å². The Morgan fingerprint density at radius 2 is 1.48 bits per heavy atom. The molecule has 0 aromatic heterocycles. The zero-order valence-corrected chi connectivity index (χ0v) is 14.8. The summed E-state index contributed by atoms with van der Waals surface area (Å²) >= 11 is 2.26. The fourth-order valence-electron chi connectivity index (χ4n) is 1.56. The summed E-state index contributed by atoms with van der Waals surface area (Å²) < 4.78 is 23.0. The van der Waals surface area contributed by atoms with Crippen molar-refractivity contribution in [2.45, 2.75) is 19.8 Å². The highest BCUT2D eigenvalue weighted by molar-refractivity contribution is 14.1. The second kappa shape index (κ2) is 13.3. The standard InChI is InChI=1S/C16H25IO4/c1-2-3-7-18-8-9-19-10-11-20-12-13-21-16-6-4-5-15(17)14-16/h4-6,14H,2-3,7-13H2,1H3. The maximum Gasteiger partial charge on any atom is 0.120 e. The molecule has 0 unspecified atom stereocenters. The third-order valence-electron chi connectivity index (χ3n) is 2.68. The minimum Gasteiger partial charge on any atom is -0.491 e. The lowest BCUT2D eigenvalue weighted by Crippen LogP contribution is -2.12. The fourth-order valence-corrected chi connectivity index (χ4v) is 2.08. The molecule has 1 aromatic carbocycles. The van der Waals surface area contributed by atoms with Crippen LogP contribution in [0.25, 0.3) is 0 Å². The van der Waals surface area contributed by atoms with Crippen LogP contribution < -0.4 is 4.74 Å². The van der Waals surface area contributed by atoms with E-state index in [1.165, 1.54) is 9.99 Å². The largest absolute Gasteiger partial charge is 0.491 e. The normalized spacial score (nSPS) is 10.8. The number of hydrogen-bond acceptors (Lipinski definition) is 4. The molecule has 120 valence electrons. The quantitative estimate of drug-likeness (QED) is 0.370. The Morgan fingerprint density at radius 1 is 0.857 bits per heavy atom. The lowest BCUT2D eigenvalue weighted by atomic mass is 10.3. The van der Waals surface area contributed by atoms with Crippen LogP contribution in [-0.2, 0) is 14.2 Å². The molecular weight excluding hydrogens is 383 g/mol. The summed E-state index contributed by atoms with van der Waals surface area (Å²) in [6, 6.07) is 7.97. The molecule has 21 heavy (non-hydrogen) atoms. The number of hydrogen-bond donors (Lipinski definition) is 0. The molecule has 0 heterocycles. The molecule has 0 atom stereocenters. The van der Waals surface area contributed by atoms with Crippen molar-refractivity contribution in [2.75, 3.05) is 46.2 Å². The average molecular weight is 408 g/mol. The second-order valence-electron chi connectivity index (χ2n) is 4.50. The Labute approximate surface area is 141 Å². The van der Waals surface area contributed by atoms with E-state index in [0.29, 0.717) is 39.6 Å². The molecule has 0 aliphatic heterocycles. The van der Waals surface area contributed by atoms with Gasteiger partial charge in [-0.25, -0.2) is 0 Å². The lowest BCUT2D eigenvalue weighted by Gasteiger charge is -2.08. The number of benzene rings is 1. The van der Waals surface area contributed by atoms with E-state index in [1.54, 1.807) is 0 Å². The van der Waals surface area contributed by atoms with Crippen LogP contribution in [0.5, 0.6) is 5.75 Å². The highest BCUT2D eigenvalue weighted by Crippen LogP contribution is 2.14. The van der Waals surface area contributed by atoms with Crippen LogP contribution in [0.2, 0.25) is 0 Å². The number of ether oxygens (including phenoxy) is 4. The Bertz CT molecular complexity index is 360. The predicted molar refractivity (Wildman–Crippen MR) is 92.0 cm³/mol. The molecule has 0 amide bonds. The topological polar surface area (TPSA) is 36.9 Å². The predicted octanol–water partition coefficient (Wildman–Crippen LogP) is 3.52. The minimum absolute atomic E-state index is 0.556. The first kappa shape index (κ1) is 18.7. The van der Waals surface area contributed by atoms with Gasteiger partial charge in [-0.05, 0) is 47.2 Å². The van der Waals surface area contributed by atoms with E-state index in [1.807, 2.05) is 24.3 Å². The summed E-state index contributed by atoms with van der Waals surface area (Å²) in [7, 11) is 0. The average Bonchev–Trinajstić information content (AvgIpc) is 2.48. The van der Waals surface area contributed by atoms with Gasteiger partial charge in [0.2, 0.25) is 0 Å². The van der Waals surface area contributed by atoms with Crippen molar-refractivity contribution in [1.82, 2.24) is 0 Å². The molecule has 4 nitrogen and oxygen atoms in total. The van der Waals surface area contributed by atoms with E-state index in [2.05, 4.69) is 29.5 Å². The van der Waals surface area contributed by atoms with Gasteiger partial charge in [0.25, 0.3) is 0 Å². The van der Waals surface area contributed by atoms with Crippen molar-refractivity contribution < 1.29 is 18.9 Å². The van der Waals surface area contributed by atoms with E-state index < -0.39 is 0 Å². The maximum absolute atomic E-state index is 5.58. The zero-order chi connectivity index (χ0) is 15.2. The molecule has 1 rings (SSSR count). The molecule has 5 heteroatoms. The number of rotatable bonds is 13. The summed E-state index contributed by atoms with van der Waals surface area (Å²) in [5, 5.41) is 0. The fraction of sp³-hybridized carbons (Fsp3) is 0.625. The molecular formula is C16H25IO4. The van der Waals surface area contributed by atoms with Gasteiger partial charge < -0.3 is 18.9 Å². The van der Waals surface area contributed by atoms with Crippen molar-refractivity contribution in [2.24, 2.45) is 0 Å². The van der Waals surface area contributed by atoms with Crippen molar-refractivity contribution in [1.29, 1.82) is 0 Å². The Hall–Kier alpha value is -0.370. The molecule has 0 radical (unpaired) electrons. The number of unbranched alkanes of at least 4 members (excludes halogenated alkanes) is 1. The summed E-state index contributed by atoms with van der Waals surface area (Å²) in [4.78, 5) is 0. The summed E-state index contributed by atoms with van der Waals surface area (Å²) in [6.07, 6.45) is 2.28. The van der Waals surface area contributed by atoms with Crippen LogP contribution in [0.1, 0.15) is 19.8 Å². The lowest BCUT2D eigenvalue weighted by molar-refractivity contribution is 0.00895.